The van der Waals surface area contributed by atoms with Crippen LogP contribution < -0.4 is 11.1 Å². The first-order valence-electron chi connectivity index (χ1n) is 5.52. The Hall–Kier alpha value is -1.24. The second-order valence-corrected chi connectivity index (χ2v) is 5.43. The van der Waals surface area contributed by atoms with Crippen molar-refractivity contribution >= 4 is 40.9 Å². The molecule has 0 saturated heterocycles. The molecule has 0 radical (unpaired) electrons. The largest absolute Gasteiger partial charge is 0.480 e. The summed E-state index contributed by atoms with van der Waals surface area (Å²) in [7, 11) is 0. The summed E-state index contributed by atoms with van der Waals surface area (Å²) in [6.45, 7) is 1.90. The van der Waals surface area contributed by atoms with E-state index in [2.05, 4.69) is 5.32 Å². The topological polar surface area (TPSA) is 92.4 Å². The fourth-order valence-corrected chi connectivity index (χ4v) is 2.31. The number of thioether (sulfide) groups is 1. The second kappa shape index (κ2) is 7.37. The van der Waals surface area contributed by atoms with Gasteiger partial charge in [-0.25, -0.2) is 0 Å². The number of anilines is 1. The van der Waals surface area contributed by atoms with Crippen LogP contribution in [0.15, 0.2) is 18.2 Å². The highest BCUT2D eigenvalue weighted by atomic mass is 35.5. The minimum absolute atomic E-state index is 0.130. The van der Waals surface area contributed by atoms with E-state index in [9.17, 15) is 9.59 Å². The van der Waals surface area contributed by atoms with Gasteiger partial charge in [0.25, 0.3) is 0 Å². The van der Waals surface area contributed by atoms with Gasteiger partial charge >= 0.3 is 5.97 Å². The van der Waals surface area contributed by atoms with Crippen LogP contribution in [-0.2, 0) is 9.59 Å². The van der Waals surface area contributed by atoms with Gasteiger partial charge in [-0.3, -0.25) is 9.59 Å². The van der Waals surface area contributed by atoms with Crippen LogP contribution in [-0.4, -0.2) is 34.5 Å². The minimum atomic E-state index is -1.07. The molecule has 7 heteroatoms. The van der Waals surface area contributed by atoms with E-state index >= 15 is 0 Å². The van der Waals surface area contributed by atoms with Crippen LogP contribution in [0.25, 0.3) is 0 Å². The number of aryl methyl sites for hydroxylation is 1. The average molecular weight is 303 g/mol. The molecule has 0 aromatic heterocycles. The first-order valence-corrected chi connectivity index (χ1v) is 7.05. The van der Waals surface area contributed by atoms with Crippen molar-refractivity contribution in [2.75, 3.05) is 16.8 Å². The molecule has 0 aliphatic carbocycles. The van der Waals surface area contributed by atoms with Crippen molar-refractivity contribution in [3.8, 4) is 0 Å². The maximum atomic E-state index is 11.6. The predicted octanol–water partition coefficient (Wildman–Crippen LogP) is 1.73. The highest BCUT2D eigenvalue weighted by molar-refractivity contribution is 8.00. The maximum absolute atomic E-state index is 11.6. The standard InChI is InChI=1S/C12H15ClN2O3S/c1-7-2-3-10(8(13)4-7)15-11(16)6-19-5-9(14)12(17)18/h2-4,9H,5-6,14H2,1H3,(H,15,16)(H,17,18)/t9-/m0/s1. The number of nitrogens with one attached hydrogen (secondary N) is 1. The van der Waals surface area contributed by atoms with Gasteiger partial charge in [-0.1, -0.05) is 17.7 Å². The quantitative estimate of drug-likeness (QED) is 0.744. The summed E-state index contributed by atoms with van der Waals surface area (Å²) in [5.74, 6) is -1.00. The van der Waals surface area contributed by atoms with Crippen molar-refractivity contribution in [2.24, 2.45) is 5.73 Å². The normalized spacial score (nSPS) is 11.9. The number of amides is 1. The van der Waals surface area contributed by atoms with E-state index in [4.69, 9.17) is 22.4 Å². The molecule has 5 nitrogen and oxygen atoms in total. The zero-order valence-corrected chi connectivity index (χ0v) is 11.9. The number of rotatable bonds is 6. The first-order chi connectivity index (χ1) is 8.90. The van der Waals surface area contributed by atoms with Crippen molar-refractivity contribution in [2.45, 2.75) is 13.0 Å². The summed E-state index contributed by atoms with van der Waals surface area (Å²) in [4.78, 5) is 22.1. The van der Waals surface area contributed by atoms with E-state index in [1.165, 1.54) is 11.8 Å². The fourth-order valence-electron chi connectivity index (χ4n) is 1.26. The molecule has 1 atom stereocenters. The highest BCUT2D eigenvalue weighted by Crippen LogP contribution is 2.22. The Balaban J connectivity index is 2.41. The predicted molar refractivity (Wildman–Crippen MR) is 77.8 cm³/mol. The van der Waals surface area contributed by atoms with Gasteiger partial charge in [0.05, 0.1) is 16.5 Å². The first kappa shape index (κ1) is 15.8. The molecular formula is C12H15ClN2O3S. The molecule has 0 heterocycles. The summed E-state index contributed by atoms with van der Waals surface area (Å²) >= 11 is 7.15. The summed E-state index contributed by atoms with van der Waals surface area (Å²) in [6.07, 6.45) is 0. The van der Waals surface area contributed by atoms with E-state index in [1.54, 1.807) is 12.1 Å². The van der Waals surface area contributed by atoms with Gasteiger partial charge in [-0.2, -0.15) is 0 Å². The molecule has 4 N–H and O–H groups in total. The molecule has 19 heavy (non-hydrogen) atoms. The van der Waals surface area contributed by atoms with Gasteiger partial charge in [0, 0.05) is 5.75 Å². The number of carboxylic acid groups (broad SMARTS) is 1. The molecule has 0 spiro atoms. The molecule has 0 fully saturated rings. The molecule has 1 rings (SSSR count). The van der Waals surface area contributed by atoms with E-state index in [0.29, 0.717) is 10.7 Å². The minimum Gasteiger partial charge on any atom is -0.480 e. The van der Waals surface area contributed by atoms with Crippen molar-refractivity contribution in [1.29, 1.82) is 0 Å². The lowest BCUT2D eigenvalue weighted by molar-refractivity contribution is -0.137. The highest BCUT2D eigenvalue weighted by Gasteiger charge is 2.12. The number of hydrogen-bond donors (Lipinski definition) is 3. The Morgan fingerprint density at radius 3 is 2.79 bits per heavy atom. The summed E-state index contributed by atoms with van der Waals surface area (Å²) in [6, 6.07) is 4.36. The zero-order valence-electron chi connectivity index (χ0n) is 10.4. The molecular weight excluding hydrogens is 288 g/mol. The SMILES string of the molecule is Cc1ccc(NC(=O)CSC[C@H](N)C(=O)O)c(Cl)c1. The number of carbonyl (C=O) groups is 2. The average Bonchev–Trinajstić information content (AvgIpc) is 2.32. The number of nitrogens with two attached hydrogens (primary N) is 1. The third kappa shape index (κ3) is 5.50. The van der Waals surface area contributed by atoms with Crippen LogP contribution in [0.4, 0.5) is 5.69 Å². The number of benzene rings is 1. The van der Waals surface area contributed by atoms with E-state index < -0.39 is 12.0 Å². The lowest BCUT2D eigenvalue weighted by atomic mass is 10.2. The van der Waals surface area contributed by atoms with Gasteiger partial charge in [0.2, 0.25) is 5.91 Å². The Morgan fingerprint density at radius 2 is 2.21 bits per heavy atom. The molecule has 0 bridgehead atoms. The van der Waals surface area contributed by atoms with Gasteiger partial charge in [-0.15, -0.1) is 11.8 Å². The van der Waals surface area contributed by atoms with Crippen LogP contribution in [0.2, 0.25) is 5.02 Å². The van der Waals surface area contributed by atoms with Gasteiger partial charge in [0.15, 0.2) is 0 Å². The summed E-state index contributed by atoms with van der Waals surface area (Å²) in [5, 5.41) is 11.7. The van der Waals surface area contributed by atoms with Crippen LogP contribution in [0.3, 0.4) is 0 Å². The molecule has 0 aliphatic rings. The van der Waals surface area contributed by atoms with Crippen LogP contribution in [0, 0.1) is 6.92 Å². The lowest BCUT2D eigenvalue weighted by Crippen LogP contribution is -2.33. The smallest absolute Gasteiger partial charge is 0.321 e. The Labute approximate surface area is 120 Å². The zero-order chi connectivity index (χ0) is 14.4. The number of carboxylic acids is 1. The maximum Gasteiger partial charge on any atom is 0.321 e. The Kier molecular flexibility index (Phi) is 6.14. The van der Waals surface area contributed by atoms with Crippen molar-refractivity contribution < 1.29 is 14.7 Å². The van der Waals surface area contributed by atoms with Gasteiger partial charge in [-0.05, 0) is 24.6 Å². The number of carbonyl (C=O) groups excluding carboxylic acids is 1. The lowest BCUT2D eigenvalue weighted by Gasteiger charge is -2.09. The number of aliphatic carboxylic acids is 1. The molecule has 0 unspecified atom stereocenters. The second-order valence-electron chi connectivity index (χ2n) is 3.99. The van der Waals surface area contributed by atoms with E-state index in [1.807, 2.05) is 13.0 Å². The molecule has 104 valence electrons. The van der Waals surface area contributed by atoms with Crippen molar-refractivity contribution in [1.82, 2.24) is 0 Å². The van der Waals surface area contributed by atoms with Crippen LogP contribution in [0.5, 0.6) is 0 Å². The molecule has 0 saturated carbocycles. The Bertz CT molecular complexity index is 482. The van der Waals surface area contributed by atoms with Crippen molar-refractivity contribution in [3.63, 3.8) is 0 Å². The summed E-state index contributed by atoms with van der Waals surface area (Å²) in [5.41, 5.74) is 6.87. The van der Waals surface area contributed by atoms with Gasteiger partial charge in [0.1, 0.15) is 6.04 Å². The Morgan fingerprint density at radius 1 is 1.53 bits per heavy atom. The van der Waals surface area contributed by atoms with Crippen LogP contribution in [0.1, 0.15) is 5.56 Å². The molecule has 1 amide bonds. The van der Waals surface area contributed by atoms with Crippen LogP contribution >= 0.6 is 23.4 Å². The molecule has 1 aromatic rings. The van der Waals surface area contributed by atoms with E-state index in [-0.39, 0.29) is 17.4 Å². The van der Waals surface area contributed by atoms with Crippen molar-refractivity contribution in [3.05, 3.63) is 28.8 Å². The third-order valence-electron chi connectivity index (χ3n) is 2.25. The third-order valence-corrected chi connectivity index (χ3v) is 3.62. The monoisotopic (exact) mass is 302 g/mol. The number of halogens is 1. The molecule has 1 aromatic carbocycles. The summed E-state index contributed by atoms with van der Waals surface area (Å²) < 4.78 is 0. The van der Waals surface area contributed by atoms with E-state index in [0.717, 1.165) is 5.56 Å². The van der Waals surface area contributed by atoms with Gasteiger partial charge < -0.3 is 16.2 Å². The fraction of sp³-hybridized carbons (Fsp3) is 0.333. The molecule has 0 aliphatic heterocycles. The number of hydrogen-bond acceptors (Lipinski definition) is 4.